The summed E-state index contributed by atoms with van der Waals surface area (Å²) >= 11 is 17.2. The lowest BCUT2D eigenvalue weighted by atomic mass is 10.2. The van der Waals surface area contributed by atoms with E-state index in [9.17, 15) is 0 Å². The predicted octanol–water partition coefficient (Wildman–Crippen LogP) is 6.11. The van der Waals surface area contributed by atoms with Gasteiger partial charge < -0.3 is 10.1 Å². The number of hydrogen-bond donors (Lipinski definition) is 2. The van der Waals surface area contributed by atoms with Gasteiger partial charge in [0.05, 0.1) is 16.9 Å². The molecule has 0 radical (unpaired) electrons. The largest absolute Gasteiger partial charge is 0.457 e. The van der Waals surface area contributed by atoms with Crippen molar-refractivity contribution < 1.29 is 4.74 Å². The van der Waals surface area contributed by atoms with Gasteiger partial charge in [0, 0.05) is 5.02 Å². The standard InChI is InChI=1S/C20H15Cl2N3OS/c21-15-9-10-19(18(22)12-15)24-20(27)25-23-13-14-5-4-8-17(11-14)26-16-6-2-1-3-7-16/h1-13H,(H2,24,25,27). The van der Waals surface area contributed by atoms with Crippen LogP contribution in [-0.2, 0) is 0 Å². The van der Waals surface area contributed by atoms with E-state index < -0.39 is 0 Å². The van der Waals surface area contributed by atoms with Gasteiger partial charge in [0.1, 0.15) is 11.5 Å². The number of benzene rings is 3. The first-order valence-electron chi connectivity index (χ1n) is 7.98. The quantitative estimate of drug-likeness (QED) is 0.299. The minimum absolute atomic E-state index is 0.312. The zero-order valence-electron chi connectivity index (χ0n) is 14.0. The number of hydrogen-bond acceptors (Lipinski definition) is 3. The van der Waals surface area contributed by atoms with Gasteiger partial charge in [-0.15, -0.1) is 0 Å². The smallest absolute Gasteiger partial charge is 0.191 e. The molecule has 3 rings (SSSR count). The molecule has 2 N–H and O–H groups in total. The maximum absolute atomic E-state index is 6.10. The highest BCUT2D eigenvalue weighted by Crippen LogP contribution is 2.25. The number of rotatable bonds is 5. The maximum Gasteiger partial charge on any atom is 0.191 e. The zero-order chi connectivity index (χ0) is 19.1. The topological polar surface area (TPSA) is 45.7 Å². The fourth-order valence-corrected chi connectivity index (χ4v) is 2.81. The van der Waals surface area contributed by atoms with Gasteiger partial charge in [-0.2, -0.15) is 5.10 Å². The molecule has 0 aliphatic carbocycles. The Morgan fingerprint density at radius 1 is 0.926 bits per heavy atom. The Kier molecular flexibility index (Phi) is 6.65. The Labute approximate surface area is 172 Å². The Morgan fingerprint density at radius 3 is 2.48 bits per heavy atom. The van der Waals surface area contributed by atoms with Gasteiger partial charge in [-0.1, -0.05) is 53.5 Å². The summed E-state index contributed by atoms with van der Waals surface area (Å²) in [7, 11) is 0. The highest BCUT2D eigenvalue weighted by Gasteiger charge is 2.03. The van der Waals surface area contributed by atoms with Crippen molar-refractivity contribution in [2.24, 2.45) is 5.10 Å². The van der Waals surface area contributed by atoms with Crippen molar-refractivity contribution in [3.05, 3.63) is 88.4 Å². The molecule has 3 aromatic rings. The molecule has 0 aliphatic rings. The summed E-state index contributed by atoms with van der Waals surface area (Å²) in [6, 6.07) is 22.2. The normalized spacial score (nSPS) is 10.6. The van der Waals surface area contributed by atoms with Gasteiger partial charge in [0.2, 0.25) is 0 Å². The summed E-state index contributed by atoms with van der Waals surface area (Å²) in [6.45, 7) is 0. The molecule has 136 valence electrons. The van der Waals surface area contributed by atoms with Crippen LogP contribution >= 0.6 is 35.4 Å². The molecule has 0 heterocycles. The summed E-state index contributed by atoms with van der Waals surface area (Å²) in [6.07, 6.45) is 1.65. The Morgan fingerprint density at radius 2 is 1.70 bits per heavy atom. The zero-order valence-corrected chi connectivity index (χ0v) is 16.4. The van der Waals surface area contributed by atoms with Crippen LogP contribution in [0.1, 0.15) is 5.56 Å². The summed E-state index contributed by atoms with van der Waals surface area (Å²) < 4.78 is 5.80. The van der Waals surface area contributed by atoms with Gasteiger partial charge >= 0.3 is 0 Å². The molecular formula is C20H15Cl2N3OS. The molecule has 0 saturated carbocycles. The van der Waals surface area contributed by atoms with Crippen molar-refractivity contribution in [3.63, 3.8) is 0 Å². The van der Waals surface area contributed by atoms with Crippen LogP contribution < -0.4 is 15.5 Å². The van der Waals surface area contributed by atoms with Crippen LogP contribution in [0, 0.1) is 0 Å². The van der Waals surface area contributed by atoms with Crippen LogP contribution in [0.25, 0.3) is 0 Å². The third-order valence-electron chi connectivity index (χ3n) is 3.40. The second-order valence-electron chi connectivity index (χ2n) is 5.44. The molecule has 27 heavy (non-hydrogen) atoms. The molecule has 4 nitrogen and oxygen atoms in total. The Bertz CT molecular complexity index is 964. The number of anilines is 1. The number of ether oxygens (including phenoxy) is 1. The molecule has 0 bridgehead atoms. The van der Waals surface area contributed by atoms with Gasteiger partial charge in [0.15, 0.2) is 5.11 Å². The second-order valence-corrected chi connectivity index (χ2v) is 6.69. The van der Waals surface area contributed by atoms with Crippen molar-refractivity contribution in [3.8, 4) is 11.5 Å². The van der Waals surface area contributed by atoms with E-state index in [1.807, 2.05) is 54.6 Å². The molecule has 3 aromatic carbocycles. The third-order valence-corrected chi connectivity index (χ3v) is 4.14. The van der Waals surface area contributed by atoms with Gasteiger partial charge in [-0.05, 0) is 60.2 Å². The van der Waals surface area contributed by atoms with Crippen molar-refractivity contribution in [2.45, 2.75) is 0 Å². The predicted molar refractivity (Wildman–Crippen MR) is 116 cm³/mol. The number of nitrogens with zero attached hydrogens (tertiary/aromatic N) is 1. The molecule has 0 atom stereocenters. The Hall–Kier alpha value is -2.60. The molecule has 0 unspecified atom stereocenters. The van der Waals surface area contributed by atoms with Crippen LogP contribution in [0.3, 0.4) is 0 Å². The molecule has 0 fully saturated rings. The maximum atomic E-state index is 6.10. The van der Waals surface area contributed by atoms with Crippen LogP contribution in [0.2, 0.25) is 10.0 Å². The van der Waals surface area contributed by atoms with Crippen molar-refractivity contribution in [1.29, 1.82) is 0 Å². The van der Waals surface area contributed by atoms with E-state index >= 15 is 0 Å². The number of thiocarbonyl (C=S) groups is 1. The number of halogens is 2. The third kappa shape index (κ3) is 5.96. The number of hydrazone groups is 1. The first kappa shape index (κ1) is 19.2. The number of para-hydroxylation sites is 1. The molecule has 0 amide bonds. The molecule has 0 saturated heterocycles. The van der Waals surface area contributed by atoms with Crippen LogP contribution in [-0.4, -0.2) is 11.3 Å². The van der Waals surface area contributed by atoms with Crippen molar-refractivity contribution >= 4 is 52.4 Å². The van der Waals surface area contributed by atoms with Gasteiger partial charge in [0.25, 0.3) is 0 Å². The highest BCUT2D eigenvalue weighted by molar-refractivity contribution is 7.80. The molecule has 0 aromatic heterocycles. The molecule has 0 aliphatic heterocycles. The lowest BCUT2D eigenvalue weighted by Gasteiger charge is -2.09. The fourth-order valence-electron chi connectivity index (χ4n) is 2.19. The lowest BCUT2D eigenvalue weighted by molar-refractivity contribution is 0.482. The highest BCUT2D eigenvalue weighted by atomic mass is 35.5. The average molecular weight is 416 g/mol. The van der Waals surface area contributed by atoms with E-state index in [4.69, 9.17) is 40.2 Å². The summed E-state index contributed by atoms with van der Waals surface area (Å²) in [4.78, 5) is 0. The average Bonchev–Trinajstić information content (AvgIpc) is 2.65. The molecule has 0 spiro atoms. The van der Waals surface area contributed by atoms with Crippen LogP contribution in [0.15, 0.2) is 77.9 Å². The molecule has 7 heteroatoms. The first-order chi connectivity index (χ1) is 13.1. The van der Waals surface area contributed by atoms with E-state index in [-0.39, 0.29) is 0 Å². The van der Waals surface area contributed by atoms with Gasteiger partial charge in [-0.3, -0.25) is 5.43 Å². The molecular weight excluding hydrogens is 401 g/mol. The van der Waals surface area contributed by atoms with E-state index in [1.165, 1.54) is 0 Å². The van der Waals surface area contributed by atoms with Gasteiger partial charge in [-0.25, -0.2) is 0 Å². The summed E-state index contributed by atoms with van der Waals surface area (Å²) in [5.41, 5.74) is 4.26. The fraction of sp³-hybridized carbons (Fsp3) is 0. The van der Waals surface area contributed by atoms with Crippen LogP contribution in [0.5, 0.6) is 11.5 Å². The van der Waals surface area contributed by atoms with E-state index in [2.05, 4.69) is 15.8 Å². The van der Waals surface area contributed by atoms with Crippen molar-refractivity contribution in [2.75, 3.05) is 5.32 Å². The van der Waals surface area contributed by atoms with Crippen LogP contribution in [0.4, 0.5) is 5.69 Å². The van der Waals surface area contributed by atoms with E-state index in [1.54, 1.807) is 24.4 Å². The number of nitrogens with one attached hydrogen (secondary N) is 2. The van der Waals surface area contributed by atoms with E-state index in [0.717, 1.165) is 17.1 Å². The van der Waals surface area contributed by atoms with Crippen molar-refractivity contribution in [1.82, 2.24) is 5.43 Å². The monoisotopic (exact) mass is 415 g/mol. The Balaban J connectivity index is 1.57. The van der Waals surface area contributed by atoms with E-state index in [0.29, 0.717) is 20.8 Å². The second kappa shape index (κ2) is 9.37. The SMILES string of the molecule is S=C(NN=Cc1cccc(Oc2ccccc2)c1)Nc1ccc(Cl)cc1Cl. The lowest BCUT2D eigenvalue weighted by Crippen LogP contribution is -2.24. The minimum atomic E-state index is 0.312. The minimum Gasteiger partial charge on any atom is -0.457 e. The summed E-state index contributed by atoms with van der Waals surface area (Å²) in [5.74, 6) is 1.49. The summed E-state index contributed by atoms with van der Waals surface area (Å²) in [5, 5.41) is 8.43. The first-order valence-corrected chi connectivity index (χ1v) is 9.15.